The molecule has 2 heterocycles. The number of aromatic nitrogens is 2. The van der Waals surface area contributed by atoms with E-state index >= 15 is 0 Å². The number of fused-ring (bicyclic) bond motifs is 1. The van der Waals surface area contributed by atoms with Gasteiger partial charge in [0.1, 0.15) is 18.2 Å². The van der Waals surface area contributed by atoms with Gasteiger partial charge in [-0.25, -0.2) is 4.98 Å². The van der Waals surface area contributed by atoms with Gasteiger partial charge in [0.25, 0.3) is 0 Å². The Hall–Kier alpha value is -3.26. The molecular weight excluding hydrogens is 382 g/mol. The summed E-state index contributed by atoms with van der Waals surface area (Å²) in [5.74, 6) is 3.22. The van der Waals surface area contributed by atoms with Crippen molar-refractivity contribution in [3.8, 4) is 17.2 Å². The van der Waals surface area contributed by atoms with Crippen LogP contribution in [0.1, 0.15) is 0 Å². The lowest BCUT2D eigenvalue weighted by Crippen LogP contribution is -2.48. The average molecular weight is 409 g/mol. The molecule has 0 saturated carbocycles. The van der Waals surface area contributed by atoms with Crippen molar-refractivity contribution in [3.05, 3.63) is 42.5 Å². The molecule has 1 saturated heterocycles. The van der Waals surface area contributed by atoms with Gasteiger partial charge in [0, 0.05) is 44.2 Å². The Morgan fingerprint density at radius 1 is 0.933 bits per heavy atom. The molecule has 0 spiro atoms. The van der Waals surface area contributed by atoms with E-state index < -0.39 is 0 Å². The van der Waals surface area contributed by atoms with Crippen LogP contribution in [0.2, 0.25) is 0 Å². The zero-order valence-electron chi connectivity index (χ0n) is 17.4. The normalized spacial score (nSPS) is 14.7. The third-order valence-electron chi connectivity index (χ3n) is 5.29. The summed E-state index contributed by atoms with van der Waals surface area (Å²) >= 11 is 0. The van der Waals surface area contributed by atoms with Crippen molar-refractivity contribution in [2.75, 3.05) is 64.2 Å². The van der Waals surface area contributed by atoms with Gasteiger partial charge in [-0.05, 0) is 18.2 Å². The van der Waals surface area contributed by atoms with Gasteiger partial charge >= 0.3 is 0 Å². The predicted molar refractivity (Wildman–Crippen MR) is 118 cm³/mol. The molecule has 1 aliphatic heterocycles. The van der Waals surface area contributed by atoms with Crippen LogP contribution in [-0.4, -0.2) is 68.4 Å². The molecule has 1 fully saturated rings. The van der Waals surface area contributed by atoms with E-state index in [1.165, 1.54) is 0 Å². The maximum Gasteiger partial charge on any atom is 0.227 e. The highest BCUT2D eigenvalue weighted by atomic mass is 16.5. The average Bonchev–Trinajstić information content (AvgIpc) is 2.79. The molecule has 2 aromatic carbocycles. The molecule has 0 bridgehead atoms. The van der Waals surface area contributed by atoms with Crippen molar-refractivity contribution < 1.29 is 14.2 Å². The Kier molecular flexibility index (Phi) is 6.04. The number of anilines is 2. The Bertz CT molecular complexity index is 991. The summed E-state index contributed by atoms with van der Waals surface area (Å²) in [6.45, 7) is 5.08. The minimum atomic E-state index is 0.439. The molecule has 1 aliphatic rings. The van der Waals surface area contributed by atoms with E-state index in [-0.39, 0.29) is 0 Å². The summed E-state index contributed by atoms with van der Waals surface area (Å²) in [4.78, 5) is 13.8. The first-order chi connectivity index (χ1) is 14.7. The fraction of sp³-hybridized carbons (Fsp3) is 0.364. The monoisotopic (exact) mass is 409 g/mol. The SMILES string of the molecule is COc1cc2nc(N3CCN(CCOc4ccccc4)CC3)nc(N)c2cc1OC. The summed E-state index contributed by atoms with van der Waals surface area (Å²) in [7, 11) is 3.20. The number of hydrogen-bond acceptors (Lipinski definition) is 8. The minimum absolute atomic E-state index is 0.439. The molecule has 0 unspecified atom stereocenters. The lowest BCUT2D eigenvalue weighted by molar-refractivity contribution is 0.200. The van der Waals surface area contributed by atoms with Gasteiger partial charge in [0.05, 0.1) is 19.7 Å². The van der Waals surface area contributed by atoms with Crippen LogP contribution in [-0.2, 0) is 0 Å². The number of para-hydroxylation sites is 1. The van der Waals surface area contributed by atoms with Crippen molar-refractivity contribution in [1.82, 2.24) is 14.9 Å². The first-order valence-corrected chi connectivity index (χ1v) is 10.0. The van der Waals surface area contributed by atoms with Gasteiger partial charge in [-0.1, -0.05) is 18.2 Å². The minimum Gasteiger partial charge on any atom is -0.493 e. The van der Waals surface area contributed by atoms with Gasteiger partial charge in [0.2, 0.25) is 5.95 Å². The van der Waals surface area contributed by atoms with Crippen LogP contribution in [0.4, 0.5) is 11.8 Å². The summed E-state index contributed by atoms with van der Waals surface area (Å²) in [6, 6.07) is 13.6. The van der Waals surface area contributed by atoms with Crippen LogP contribution < -0.4 is 24.8 Å². The standard InChI is InChI=1S/C22H27N5O3/c1-28-19-14-17-18(15-20(19)29-2)24-22(25-21(17)23)27-10-8-26(9-11-27)12-13-30-16-6-4-3-5-7-16/h3-7,14-15H,8-13H2,1-2H3,(H2,23,24,25). The van der Waals surface area contributed by atoms with Crippen LogP contribution in [0.5, 0.6) is 17.2 Å². The van der Waals surface area contributed by atoms with Crippen LogP contribution in [0.15, 0.2) is 42.5 Å². The van der Waals surface area contributed by atoms with Crippen molar-refractivity contribution >= 4 is 22.7 Å². The summed E-state index contributed by atoms with van der Waals surface area (Å²) in [5, 5.41) is 0.757. The second-order valence-electron chi connectivity index (χ2n) is 7.12. The molecule has 2 N–H and O–H groups in total. The quantitative estimate of drug-likeness (QED) is 0.637. The molecule has 8 heteroatoms. The molecule has 0 aliphatic carbocycles. The zero-order valence-corrected chi connectivity index (χ0v) is 17.4. The summed E-state index contributed by atoms with van der Waals surface area (Å²) in [5.41, 5.74) is 6.97. The number of benzene rings is 2. The van der Waals surface area contributed by atoms with Crippen LogP contribution in [0.3, 0.4) is 0 Å². The number of nitrogens with two attached hydrogens (primary N) is 1. The lowest BCUT2D eigenvalue weighted by Gasteiger charge is -2.34. The molecule has 3 aromatic rings. The van der Waals surface area contributed by atoms with Crippen LogP contribution in [0, 0.1) is 0 Å². The number of nitrogens with zero attached hydrogens (tertiary/aromatic N) is 4. The smallest absolute Gasteiger partial charge is 0.227 e. The van der Waals surface area contributed by atoms with Crippen molar-refractivity contribution in [2.24, 2.45) is 0 Å². The highest BCUT2D eigenvalue weighted by molar-refractivity contribution is 5.91. The van der Waals surface area contributed by atoms with Gasteiger partial charge in [-0.3, -0.25) is 4.90 Å². The maximum absolute atomic E-state index is 6.23. The predicted octanol–water partition coefficient (Wildman–Crippen LogP) is 2.43. The number of hydrogen-bond donors (Lipinski definition) is 1. The zero-order chi connectivity index (χ0) is 20.9. The Labute approximate surface area is 176 Å². The third kappa shape index (κ3) is 4.33. The number of methoxy groups -OCH3 is 2. The van der Waals surface area contributed by atoms with E-state index in [2.05, 4.69) is 14.8 Å². The molecule has 8 nitrogen and oxygen atoms in total. The number of rotatable bonds is 7. The van der Waals surface area contributed by atoms with E-state index in [4.69, 9.17) is 24.9 Å². The van der Waals surface area contributed by atoms with E-state index in [1.54, 1.807) is 14.2 Å². The van der Waals surface area contributed by atoms with Crippen molar-refractivity contribution in [1.29, 1.82) is 0 Å². The highest BCUT2D eigenvalue weighted by Crippen LogP contribution is 2.34. The summed E-state index contributed by atoms with van der Waals surface area (Å²) in [6.07, 6.45) is 0. The van der Waals surface area contributed by atoms with Gasteiger partial charge in [0.15, 0.2) is 11.5 Å². The summed E-state index contributed by atoms with van der Waals surface area (Å²) < 4.78 is 16.6. The first kappa shape index (κ1) is 20.0. The fourth-order valence-electron chi connectivity index (χ4n) is 3.59. The largest absolute Gasteiger partial charge is 0.493 e. The molecular formula is C22H27N5O3. The molecule has 4 rings (SSSR count). The number of ether oxygens (including phenoxy) is 3. The van der Waals surface area contributed by atoms with Crippen LogP contribution in [0.25, 0.3) is 10.9 Å². The fourth-order valence-corrected chi connectivity index (χ4v) is 3.59. The van der Waals surface area contributed by atoms with Crippen molar-refractivity contribution in [2.45, 2.75) is 0 Å². The highest BCUT2D eigenvalue weighted by Gasteiger charge is 2.20. The molecule has 30 heavy (non-hydrogen) atoms. The number of nitrogen functional groups attached to an aromatic ring is 1. The van der Waals surface area contributed by atoms with E-state index in [0.29, 0.717) is 29.9 Å². The van der Waals surface area contributed by atoms with Gasteiger partial charge in [-0.2, -0.15) is 4.98 Å². The van der Waals surface area contributed by atoms with Gasteiger partial charge < -0.3 is 24.8 Å². The molecule has 0 amide bonds. The topological polar surface area (TPSA) is 86.0 Å². The van der Waals surface area contributed by atoms with Crippen LogP contribution >= 0.6 is 0 Å². The molecule has 0 atom stereocenters. The number of piperazine rings is 1. The van der Waals surface area contributed by atoms with E-state index in [0.717, 1.165) is 49.4 Å². The van der Waals surface area contributed by atoms with Gasteiger partial charge in [-0.15, -0.1) is 0 Å². The Morgan fingerprint density at radius 2 is 1.63 bits per heavy atom. The second-order valence-corrected chi connectivity index (χ2v) is 7.12. The maximum atomic E-state index is 6.23. The lowest BCUT2D eigenvalue weighted by atomic mass is 10.2. The van der Waals surface area contributed by atoms with E-state index in [9.17, 15) is 0 Å². The Balaban J connectivity index is 1.39. The second kappa shape index (κ2) is 9.04. The first-order valence-electron chi connectivity index (χ1n) is 10.0. The Morgan fingerprint density at radius 3 is 2.33 bits per heavy atom. The molecule has 1 aromatic heterocycles. The third-order valence-corrected chi connectivity index (χ3v) is 5.29. The molecule has 158 valence electrons. The molecule has 0 radical (unpaired) electrons. The van der Waals surface area contributed by atoms with E-state index in [1.807, 2.05) is 42.5 Å². The van der Waals surface area contributed by atoms with Crippen molar-refractivity contribution in [3.63, 3.8) is 0 Å².